The van der Waals surface area contributed by atoms with Crippen molar-refractivity contribution >= 4 is 15.9 Å². The second-order valence-electron chi connectivity index (χ2n) is 4.36. The summed E-state index contributed by atoms with van der Waals surface area (Å²) >= 11 is 3.49. The number of hydrogen-bond acceptors (Lipinski definition) is 3. The van der Waals surface area contributed by atoms with Crippen LogP contribution in [0.5, 0.6) is 5.75 Å². The Bertz CT molecular complexity index is 665. The van der Waals surface area contributed by atoms with Gasteiger partial charge in [0.1, 0.15) is 5.75 Å². The van der Waals surface area contributed by atoms with Crippen LogP contribution in [-0.2, 0) is 6.54 Å². The monoisotopic (exact) mass is 322 g/mol. The molecule has 0 atom stereocenters. The number of nitrogens with zero attached hydrogens (tertiary/aromatic N) is 2. The molecule has 0 bridgehead atoms. The zero-order valence-corrected chi connectivity index (χ0v) is 12.7. The summed E-state index contributed by atoms with van der Waals surface area (Å²) in [6.07, 6.45) is 0. The average Bonchev–Trinajstić information content (AvgIpc) is 2.35. The van der Waals surface area contributed by atoms with E-state index in [-0.39, 0.29) is 5.69 Å². The average molecular weight is 323 g/mol. The van der Waals surface area contributed by atoms with Gasteiger partial charge in [0.25, 0.3) is 0 Å². The fraction of sp³-hybridized carbons (Fsp3) is 0.286. The van der Waals surface area contributed by atoms with Gasteiger partial charge >= 0.3 is 5.69 Å². The lowest BCUT2D eigenvalue weighted by Crippen LogP contribution is -2.26. The Kier molecular flexibility index (Phi) is 4.04. The van der Waals surface area contributed by atoms with E-state index in [1.54, 1.807) is 11.7 Å². The summed E-state index contributed by atoms with van der Waals surface area (Å²) in [5, 5.41) is 0. The highest BCUT2D eigenvalue weighted by Crippen LogP contribution is 2.23. The van der Waals surface area contributed by atoms with Gasteiger partial charge in [0.15, 0.2) is 0 Å². The van der Waals surface area contributed by atoms with E-state index in [9.17, 15) is 4.79 Å². The van der Waals surface area contributed by atoms with Crippen molar-refractivity contribution in [2.45, 2.75) is 20.4 Å². The van der Waals surface area contributed by atoms with Gasteiger partial charge in [-0.15, -0.1) is 0 Å². The number of halogens is 1. The molecule has 0 spiro atoms. The molecule has 4 nitrogen and oxygen atoms in total. The Labute approximate surface area is 120 Å². The quantitative estimate of drug-likeness (QED) is 0.872. The van der Waals surface area contributed by atoms with E-state index in [4.69, 9.17) is 4.74 Å². The number of rotatable bonds is 3. The van der Waals surface area contributed by atoms with Gasteiger partial charge in [-0.1, -0.05) is 15.9 Å². The lowest BCUT2D eigenvalue weighted by atomic mass is 10.2. The van der Waals surface area contributed by atoms with Crippen LogP contribution in [0.15, 0.2) is 33.5 Å². The first-order valence-corrected chi connectivity index (χ1v) is 6.68. The van der Waals surface area contributed by atoms with Crippen LogP contribution in [0.3, 0.4) is 0 Å². The van der Waals surface area contributed by atoms with Gasteiger partial charge in [-0.2, -0.15) is 4.98 Å². The molecule has 0 amide bonds. The molecule has 0 unspecified atom stereocenters. The fourth-order valence-electron chi connectivity index (χ4n) is 1.94. The van der Waals surface area contributed by atoms with E-state index >= 15 is 0 Å². The summed E-state index contributed by atoms with van der Waals surface area (Å²) in [5.41, 5.74) is 2.39. The van der Waals surface area contributed by atoms with Crippen molar-refractivity contribution in [2.75, 3.05) is 7.11 Å². The van der Waals surface area contributed by atoms with Crippen molar-refractivity contribution < 1.29 is 4.74 Å². The smallest absolute Gasteiger partial charge is 0.348 e. The van der Waals surface area contributed by atoms with Crippen LogP contribution in [0.25, 0.3) is 0 Å². The van der Waals surface area contributed by atoms with E-state index in [0.717, 1.165) is 27.2 Å². The minimum absolute atomic E-state index is 0.229. The van der Waals surface area contributed by atoms with Gasteiger partial charge < -0.3 is 4.74 Å². The van der Waals surface area contributed by atoms with Crippen LogP contribution in [0.1, 0.15) is 17.0 Å². The lowest BCUT2D eigenvalue weighted by Gasteiger charge is -2.12. The highest BCUT2D eigenvalue weighted by Gasteiger charge is 2.07. The standard InChI is InChI=1S/C14H15BrN2O2/c1-9-6-10(2)17(14(18)16-9)8-11-7-12(19-3)4-5-13(11)15/h4-7H,8H2,1-3H3. The molecule has 1 aromatic carbocycles. The molecule has 0 aliphatic carbocycles. The molecule has 1 aromatic heterocycles. The molecule has 0 aliphatic rings. The largest absolute Gasteiger partial charge is 0.497 e. The van der Waals surface area contributed by atoms with E-state index < -0.39 is 0 Å². The summed E-state index contributed by atoms with van der Waals surface area (Å²) in [5.74, 6) is 0.768. The van der Waals surface area contributed by atoms with E-state index in [2.05, 4.69) is 20.9 Å². The first kappa shape index (κ1) is 13.8. The third kappa shape index (κ3) is 3.04. The molecule has 0 saturated carbocycles. The molecule has 0 fully saturated rings. The van der Waals surface area contributed by atoms with Gasteiger partial charge in [-0.25, -0.2) is 4.79 Å². The zero-order valence-electron chi connectivity index (χ0n) is 11.1. The molecule has 2 aromatic rings. The minimum Gasteiger partial charge on any atom is -0.497 e. The molecule has 5 heteroatoms. The highest BCUT2D eigenvalue weighted by atomic mass is 79.9. The molecular weight excluding hydrogens is 308 g/mol. The Morgan fingerprint density at radius 3 is 2.68 bits per heavy atom. The van der Waals surface area contributed by atoms with E-state index in [1.807, 2.05) is 38.1 Å². The number of benzene rings is 1. The number of methoxy groups -OCH3 is 1. The van der Waals surface area contributed by atoms with E-state index in [0.29, 0.717) is 6.54 Å². The Morgan fingerprint density at radius 1 is 1.32 bits per heavy atom. The maximum Gasteiger partial charge on any atom is 0.348 e. The first-order chi connectivity index (χ1) is 9.01. The van der Waals surface area contributed by atoms with Crippen molar-refractivity contribution in [3.8, 4) is 5.75 Å². The van der Waals surface area contributed by atoms with Crippen molar-refractivity contribution in [1.29, 1.82) is 0 Å². The molecule has 0 N–H and O–H groups in total. The normalized spacial score (nSPS) is 10.5. The molecule has 0 aliphatic heterocycles. The molecule has 100 valence electrons. The van der Waals surface area contributed by atoms with Gasteiger partial charge in [0, 0.05) is 15.9 Å². The van der Waals surface area contributed by atoms with Crippen LogP contribution in [0.2, 0.25) is 0 Å². The fourth-order valence-corrected chi connectivity index (χ4v) is 2.31. The maximum atomic E-state index is 11.9. The Hall–Kier alpha value is -1.62. The summed E-state index contributed by atoms with van der Waals surface area (Å²) in [4.78, 5) is 15.9. The Balaban J connectivity index is 2.44. The van der Waals surface area contributed by atoms with Gasteiger partial charge in [0.2, 0.25) is 0 Å². The van der Waals surface area contributed by atoms with Crippen molar-refractivity contribution in [1.82, 2.24) is 9.55 Å². The van der Waals surface area contributed by atoms with Crippen molar-refractivity contribution in [2.24, 2.45) is 0 Å². The van der Waals surface area contributed by atoms with Crippen molar-refractivity contribution in [3.05, 3.63) is 56.2 Å². The summed E-state index contributed by atoms with van der Waals surface area (Å²) in [7, 11) is 1.62. The summed E-state index contributed by atoms with van der Waals surface area (Å²) in [6.45, 7) is 4.19. The second-order valence-corrected chi connectivity index (χ2v) is 5.22. The summed E-state index contributed by atoms with van der Waals surface area (Å²) < 4.78 is 7.79. The molecule has 0 saturated heterocycles. The Morgan fingerprint density at radius 2 is 2.05 bits per heavy atom. The predicted octanol–water partition coefficient (Wildman–Crippen LogP) is 2.68. The SMILES string of the molecule is COc1ccc(Br)c(Cn2c(C)cc(C)nc2=O)c1. The molecule has 2 rings (SSSR count). The molecule has 19 heavy (non-hydrogen) atoms. The van der Waals surface area contributed by atoms with Crippen LogP contribution < -0.4 is 10.4 Å². The minimum atomic E-state index is -0.229. The van der Waals surface area contributed by atoms with Crippen LogP contribution in [0.4, 0.5) is 0 Å². The predicted molar refractivity (Wildman–Crippen MR) is 77.8 cm³/mol. The number of aromatic nitrogens is 2. The summed E-state index contributed by atoms with van der Waals surface area (Å²) in [6, 6.07) is 7.60. The third-order valence-corrected chi connectivity index (χ3v) is 3.70. The van der Waals surface area contributed by atoms with Crippen LogP contribution >= 0.6 is 15.9 Å². The lowest BCUT2D eigenvalue weighted by molar-refractivity contribution is 0.414. The number of ether oxygens (including phenoxy) is 1. The molecular formula is C14H15BrN2O2. The topological polar surface area (TPSA) is 44.1 Å². The van der Waals surface area contributed by atoms with Gasteiger partial charge in [0.05, 0.1) is 13.7 Å². The number of aryl methyl sites for hydroxylation is 2. The zero-order chi connectivity index (χ0) is 14.0. The number of hydrogen-bond donors (Lipinski definition) is 0. The van der Waals surface area contributed by atoms with E-state index in [1.165, 1.54) is 0 Å². The van der Waals surface area contributed by atoms with Gasteiger partial charge in [-0.05, 0) is 43.7 Å². The highest BCUT2D eigenvalue weighted by molar-refractivity contribution is 9.10. The van der Waals surface area contributed by atoms with Crippen LogP contribution in [0, 0.1) is 13.8 Å². The van der Waals surface area contributed by atoms with Crippen LogP contribution in [-0.4, -0.2) is 16.7 Å². The van der Waals surface area contributed by atoms with Gasteiger partial charge in [-0.3, -0.25) is 4.57 Å². The molecule has 0 radical (unpaired) electrons. The second kappa shape index (κ2) is 5.57. The third-order valence-electron chi connectivity index (χ3n) is 2.93. The maximum absolute atomic E-state index is 11.9. The van der Waals surface area contributed by atoms with Crippen molar-refractivity contribution in [3.63, 3.8) is 0 Å². The molecule has 1 heterocycles. The first-order valence-electron chi connectivity index (χ1n) is 5.89.